The third kappa shape index (κ3) is 8.93. The van der Waals surface area contributed by atoms with Gasteiger partial charge in [0.1, 0.15) is 24.2 Å². The molecule has 2 aromatic heterocycles. The molecule has 218 valence electrons. The highest BCUT2D eigenvalue weighted by Crippen LogP contribution is 2.37. The first-order valence-corrected chi connectivity index (χ1v) is 13.9. The number of ether oxygens (including phenoxy) is 2. The van der Waals surface area contributed by atoms with E-state index in [1.165, 1.54) is 38.6 Å². The summed E-state index contributed by atoms with van der Waals surface area (Å²) in [6.45, 7) is 2.18. The van der Waals surface area contributed by atoms with Gasteiger partial charge in [0.15, 0.2) is 17.3 Å². The van der Waals surface area contributed by atoms with Crippen molar-refractivity contribution in [3.63, 3.8) is 0 Å². The van der Waals surface area contributed by atoms with E-state index < -0.39 is 19.9 Å². The van der Waals surface area contributed by atoms with Crippen LogP contribution in [0.2, 0.25) is 0 Å². The Morgan fingerprint density at radius 1 is 1.17 bits per heavy atom. The summed E-state index contributed by atoms with van der Waals surface area (Å²) in [6, 6.07) is 10.7. The smallest absolute Gasteiger partial charge is 0.471 e. The lowest BCUT2D eigenvalue weighted by Gasteiger charge is -2.16. The predicted octanol–water partition coefficient (Wildman–Crippen LogP) is 3.24. The van der Waals surface area contributed by atoms with Crippen LogP contribution in [0.25, 0.3) is 10.9 Å². The summed E-state index contributed by atoms with van der Waals surface area (Å²) in [6.07, 6.45) is 1.08. The Bertz CT molecular complexity index is 1550. The molecule has 0 fully saturated rings. The van der Waals surface area contributed by atoms with Gasteiger partial charge in [-0.15, -0.1) is 0 Å². The molecule has 0 aliphatic rings. The molecule has 14 nitrogen and oxygen atoms in total. The predicted molar refractivity (Wildman–Crippen MR) is 147 cm³/mol. The lowest BCUT2D eigenvalue weighted by molar-refractivity contribution is -0.115. The largest absolute Gasteiger partial charge is 0.493 e. The number of nitrogens with one attached hydrogen (secondary N) is 4. The molecule has 41 heavy (non-hydrogen) atoms. The molecule has 1 unspecified atom stereocenters. The average Bonchev–Trinajstić information content (AvgIpc) is 3.33. The van der Waals surface area contributed by atoms with Gasteiger partial charge in [-0.2, -0.15) is 5.10 Å². The monoisotopic (exact) mass is 589 g/mol. The molecular weight excluding hydrogens is 560 g/mol. The summed E-state index contributed by atoms with van der Waals surface area (Å²) in [5.74, 6) is 0.982. The highest BCUT2D eigenvalue weighted by atomic mass is 31.2. The van der Waals surface area contributed by atoms with E-state index in [4.69, 9.17) is 19.3 Å². The van der Waals surface area contributed by atoms with Crippen LogP contribution in [0, 0.1) is 5.82 Å². The minimum Gasteiger partial charge on any atom is -0.493 e. The van der Waals surface area contributed by atoms with E-state index in [2.05, 4.69) is 40.6 Å². The number of carbonyl (C=O) groups is 1. The zero-order valence-electron chi connectivity index (χ0n) is 22.1. The Hall–Kier alpha value is -4.14. The minimum atomic E-state index is -4.56. The van der Waals surface area contributed by atoms with E-state index in [0.717, 1.165) is 0 Å². The van der Waals surface area contributed by atoms with Crippen molar-refractivity contribution < 1.29 is 37.5 Å². The number of phosphoric ester groups is 1. The number of phosphoric acid groups is 1. The van der Waals surface area contributed by atoms with Crippen molar-refractivity contribution in [2.45, 2.75) is 26.0 Å². The zero-order valence-corrected chi connectivity index (χ0v) is 23.0. The van der Waals surface area contributed by atoms with Crippen LogP contribution in [0.15, 0.2) is 48.8 Å². The van der Waals surface area contributed by atoms with Crippen molar-refractivity contribution in [2.75, 3.05) is 30.9 Å². The van der Waals surface area contributed by atoms with Crippen LogP contribution in [-0.2, 0) is 20.3 Å². The van der Waals surface area contributed by atoms with Gasteiger partial charge in [0.2, 0.25) is 5.91 Å². The van der Waals surface area contributed by atoms with E-state index in [1.54, 1.807) is 24.3 Å². The fourth-order valence-corrected chi connectivity index (χ4v) is 4.31. The van der Waals surface area contributed by atoms with Crippen LogP contribution in [0.3, 0.4) is 0 Å². The minimum absolute atomic E-state index is 0.00460. The molecule has 0 saturated carbocycles. The summed E-state index contributed by atoms with van der Waals surface area (Å²) >= 11 is 0. The van der Waals surface area contributed by atoms with Gasteiger partial charge >= 0.3 is 7.82 Å². The molecular formula is C25H29FN7O7P. The molecule has 2 aromatic carbocycles. The lowest BCUT2D eigenvalue weighted by Crippen LogP contribution is -2.29. The number of methoxy groups -OCH3 is 1. The molecule has 4 rings (SSSR count). The van der Waals surface area contributed by atoms with Gasteiger partial charge in [-0.3, -0.25) is 19.7 Å². The topological polar surface area (TPSA) is 193 Å². The van der Waals surface area contributed by atoms with E-state index in [0.29, 0.717) is 58.4 Å². The van der Waals surface area contributed by atoms with Crippen LogP contribution < -0.4 is 25.4 Å². The average molecular weight is 590 g/mol. The van der Waals surface area contributed by atoms with Gasteiger partial charge in [0.05, 0.1) is 25.7 Å². The Balaban J connectivity index is 1.36. The number of aromatic amines is 1. The quantitative estimate of drug-likeness (QED) is 0.0716. The van der Waals surface area contributed by atoms with E-state index >= 15 is 0 Å². The summed E-state index contributed by atoms with van der Waals surface area (Å²) in [5.41, 5.74) is 1.46. The molecule has 0 aliphatic heterocycles. The third-order valence-corrected chi connectivity index (χ3v) is 6.15. The number of benzene rings is 2. The SMILES string of the molecule is COc1cc2c(Nc3cc(CC(=O)Nc4cccc(F)c4)[nH]n3)ncnc2cc1OCCCNC(C)OP(=O)(O)O. The molecule has 1 atom stereocenters. The van der Waals surface area contributed by atoms with Crippen molar-refractivity contribution in [3.05, 3.63) is 60.3 Å². The van der Waals surface area contributed by atoms with Crippen LogP contribution in [0.1, 0.15) is 19.0 Å². The van der Waals surface area contributed by atoms with Crippen molar-refractivity contribution in [3.8, 4) is 11.5 Å². The number of H-pyrrole nitrogens is 1. The third-order valence-electron chi connectivity index (χ3n) is 5.56. The number of anilines is 3. The molecule has 0 radical (unpaired) electrons. The summed E-state index contributed by atoms with van der Waals surface area (Å²) in [5, 5.41) is 16.2. The number of nitrogens with zero attached hydrogens (tertiary/aromatic N) is 3. The van der Waals surface area contributed by atoms with Crippen LogP contribution in [0.4, 0.5) is 21.7 Å². The second-order valence-corrected chi connectivity index (χ2v) is 9.97. The van der Waals surface area contributed by atoms with Gasteiger partial charge in [-0.25, -0.2) is 18.9 Å². The molecule has 2 heterocycles. The van der Waals surface area contributed by atoms with Crippen LogP contribution >= 0.6 is 7.82 Å². The van der Waals surface area contributed by atoms with Crippen molar-refractivity contribution in [2.24, 2.45) is 0 Å². The van der Waals surface area contributed by atoms with Gasteiger partial charge in [0.25, 0.3) is 0 Å². The molecule has 6 N–H and O–H groups in total. The number of hydrogen-bond donors (Lipinski definition) is 6. The number of aromatic nitrogens is 4. The maximum atomic E-state index is 13.4. The van der Waals surface area contributed by atoms with Gasteiger partial charge in [0, 0.05) is 35.4 Å². The summed E-state index contributed by atoms with van der Waals surface area (Å²) in [7, 11) is -3.06. The second-order valence-electron chi connectivity index (χ2n) is 8.78. The number of halogens is 1. The number of carbonyl (C=O) groups excluding carboxylic acids is 1. The fourth-order valence-electron chi connectivity index (χ4n) is 3.82. The normalized spacial score (nSPS) is 12.2. The van der Waals surface area contributed by atoms with E-state index in [-0.39, 0.29) is 18.9 Å². The first kappa shape index (κ1) is 29.8. The van der Waals surface area contributed by atoms with Crippen molar-refractivity contribution in [1.29, 1.82) is 0 Å². The number of fused-ring (bicyclic) bond motifs is 1. The molecule has 16 heteroatoms. The standard InChI is InChI=1S/C25H29FN7O7P/c1-15(40-41(35,36)37)27-7-4-8-39-22-13-20-19(12-21(22)38-2)25(29-14-28-20)31-23-10-18(32-33-23)11-24(34)30-17-6-3-5-16(26)9-17/h3,5-6,9-10,12-15,27H,4,7-8,11H2,1-2H3,(H,30,34)(H2,35,36,37)(H2,28,29,31,32,33). The molecule has 1 amide bonds. The Morgan fingerprint density at radius 2 is 2.00 bits per heavy atom. The van der Waals surface area contributed by atoms with E-state index in [9.17, 15) is 13.8 Å². The second kappa shape index (κ2) is 13.5. The highest BCUT2D eigenvalue weighted by Gasteiger charge is 2.18. The van der Waals surface area contributed by atoms with Gasteiger partial charge in [-0.05, 0) is 37.6 Å². The van der Waals surface area contributed by atoms with Crippen molar-refractivity contribution in [1.82, 2.24) is 25.5 Å². The number of amides is 1. The number of hydrogen-bond acceptors (Lipinski definition) is 10. The zero-order chi connectivity index (χ0) is 29.4. The van der Waals surface area contributed by atoms with Crippen LogP contribution in [0.5, 0.6) is 11.5 Å². The lowest BCUT2D eigenvalue weighted by atomic mass is 10.2. The number of rotatable bonds is 14. The fraction of sp³-hybridized carbons (Fsp3) is 0.280. The Morgan fingerprint density at radius 3 is 2.76 bits per heavy atom. The maximum Gasteiger partial charge on any atom is 0.471 e. The summed E-state index contributed by atoms with van der Waals surface area (Å²) < 4.78 is 40.1. The van der Waals surface area contributed by atoms with Gasteiger partial charge < -0.3 is 29.9 Å². The first-order chi connectivity index (χ1) is 19.6. The maximum absolute atomic E-state index is 13.4. The highest BCUT2D eigenvalue weighted by molar-refractivity contribution is 7.46. The molecule has 0 aliphatic carbocycles. The van der Waals surface area contributed by atoms with Crippen LogP contribution in [-0.4, -0.2) is 62.3 Å². The van der Waals surface area contributed by atoms with Crippen molar-refractivity contribution >= 4 is 42.0 Å². The molecule has 0 bridgehead atoms. The Labute approximate surface area is 233 Å². The first-order valence-electron chi connectivity index (χ1n) is 12.4. The van der Waals surface area contributed by atoms with Gasteiger partial charge in [-0.1, -0.05) is 6.07 Å². The summed E-state index contributed by atoms with van der Waals surface area (Å²) in [4.78, 5) is 38.6. The molecule has 0 spiro atoms. The molecule has 4 aromatic rings. The Kier molecular flexibility index (Phi) is 9.81. The molecule has 0 saturated heterocycles. The van der Waals surface area contributed by atoms with E-state index in [1.807, 2.05) is 0 Å².